The molecule has 5 heteroatoms. The summed E-state index contributed by atoms with van der Waals surface area (Å²) in [6.07, 6.45) is 4.70. The molecule has 0 fully saturated rings. The number of carboxylic acid groups (broad SMARTS) is 1. The van der Waals surface area contributed by atoms with E-state index in [1.165, 1.54) is 19.3 Å². The molecule has 0 atom stereocenters. The number of hydrogen-bond donors (Lipinski definition) is 3. The number of aliphatic carboxylic acids is 1. The molecule has 0 radical (unpaired) electrons. The fourth-order valence-corrected chi connectivity index (χ4v) is 1.09. The van der Waals surface area contributed by atoms with Gasteiger partial charge in [-0.3, -0.25) is 9.79 Å². The number of guanidine groups is 1. The maximum Gasteiger partial charge on any atom is 0.305 e. The standard InChI is InChI=1S/C10H21N3O2/c1-2-3-4-5-7-12-10(11)13-8-6-9(14)15/h2-8H2,1H3,(H,14,15)(H3,11,12,13). The first-order chi connectivity index (χ1) is 7.16. The first-order valence-electron chi connectivity index (χ1n) is 5.42. The lowest BCUT2D eigenvalue weighted by molar-refractivity contribution is -0.136. The molecule has 0 aromatic carbocycles. The van der Waals surface area contributed by atoms with E-state index in [9.17, 15) is 4.79 Å². The summed E-state index contributed by atoms with van der Waals surface area (Å²) in [4.78, 5) is 14.3. The van der Waals surface area contributed by atoms with Gasteiger partial charge in [0.25, 0.3) is 0 Å². The third-order valence-electron chi connectivity index (χ3n) is 1.94. The van der Waals surface area contributed by atoms with Crippen LogP contribution in [0.4, 0.5) is 0 Å². The maximum absolute atomic E-state index is 10.2. The minimum absolute atomic E-state index is 0.0616. The highest BCUT2D eigenvalue weighted by Crippen LogP contribution is 1.98. The monoisotopic (exact) mass is 215 g/mol. The fourth-order valence-electron chi connectivity index (χ4n) is 1.09. The number of nitrogens with one attached hydrogen (secondary N) is 1. The molecular formula is C10H21N3O2. The zero-order valence-corrected chi connectivity index (χ0v) is 9.33. The summed E-state index contributed by atoms with van der Waals surface area (Å²) in [6.45, 7) is 3.20. The number of carbonyl (C=O) groups is 1. The van der Waals surface area contributed by atoms with Gasteiger partial charge in [-0.15, -0.1) is 0 Å². The Morgan fingerprint density at radius 3 is 2.73 bits per heavy atom. The zero-order valence-electron chi connectivity index (χ0n) is 9.33. The third kappa shape index (κ3) is 10.7. The molecule has 0 rings (SSSR count). The van der Waals surface area contributed by atoms with Crippen molar-refractivity contribution in [2.45, 2.75) is 39.0 Å². The Labute approximate surface area is 90.8 Å². The van der Waals surface area contributed by atoms with Crippen LogP contribution in [0.3, 0.4) is 0 Å². The Hall–Kier alpha value is -1.26. The number of hydrogen-bond acceptors (Lipinski definition) is 2. The summed E-state index contributed by atoms with van der Waals surface area (Å²) in [5.74, 6) is -0.494. The number of carboxylic acids is 1. The van der Waals surface area contributed by atoms with Crippen molar-refractivity contribution in [3.8, 4) is 0 Å². The predicted molar refractivity (Wildman–Crippen MR) is 60.9 cm³/mol. The first-order valence-corrected chi connectivity index (χ1v) is 5.42. The van der Waals surface area contributed by atoms with Gasteiger partial charge in [-0.1, -0.05) is 26.2 Å². The second kappa shape index (κ2) is 9.30. The van der Waals surface area contributed by atoms with Crippen LogP contribution in [0, 0.1) is 0 Å². The Kier molecular flexibility index (Phi) is 8.52. The molecule has 0 aliphatic heterocycles. The normalized spacial score (nSPS) is 11.4. The highest BCUT2D eigenvalue weighted by atomic mass is 16.4. The van der Waals surface area contributed by atoms with Crippen molar-refractivity contribution >= 4 is 11.9 Å². The summed E-state index contributed by atoms with van der Waals surface area (Å²) >= 11 is 0. The molecule has 0 unspecified atom stereocenters. The van der Waals surface area contributed by atoms with Gasteiger partial charge in [-0.25, -0.2) is 0 Å². The molecule has 0 saturated heterocycles. The van der Waals surface area contributed by atoms with E-state index < -0.39 is 5.97 Å². The largest absolute Gasteiger partial charge is 0.481 e. The molecule has 0 saturated carbocycles. The number of rotatable bonds is 8. The van der Waals surface area contributed by atoms with E-state index in [1.54, 1.807) is 0 Å². The second-order valence-electron chi connectivity index (χ2n) is 3.40. The van der Waals surface area contributed by atoms with Crippen LogP contribution in [-0.2, 0) is 4.79 Å². The van der Waals surface area contributed by atoms with Crippen molar-refractivity contribution in [1.29, 1.82) is 0 Å². The predicted octanol–water partition coefficient (Wildman–Crippen LogP) is 0.946. The minimum atomic E-state index is -0.835. The van der Waals surface area contributed by atoms with Crippen molar-refractivity contribution in [2.24, 2.45) is 10.7 Å². The van der Waals surface area contributed by atoms with Crippen molar-refractivity contribution in [1.82, 2.24) is 5.32 Å². The zero-order chi connectivity index (χ0) is 11.5. The Morgan fingerprint density at radius 1 is 1.40 bits per heavy atom. The molecule has 5 nitrogen and oxygen atoms in total. The van der Waals surface area contributed by atoms with Crippen LogP contribution in [0.15, 0.2) is 4.99 Å². The Balaban J connectivity index is 3.39. The highest BCUT2D eigenvalue weighted by molar-refractivity contribution is 5.78. The van der Waals surface area contributed by atoms with Crippen LogP contribution < -0.4 is 11.1 Å². The third-order valence-corrected chi connectivity index (χ3v) is 1.94. The second-order valence-corrected chi connectivity index (χ2v) is 3.40. The van der Waals surface area contributed by atoms with Crippen LogP contribution in [-0.4, -0.2) is 30.1 Å². The number of aliphatic imine (C=N–C) groups is 1. The van der Waals surface area contributed by atoms with Crippen LogP contribution in [0.2, 0.25) is 0 Å². The molecule has 0 aliphatic carbocycles. The molecule has 0 spiro atoms. The number of nitrogens with two attached hydrogens (primary N) is 1. The quantitative estimate of drug-likeness (QED) is 0.319. The van der Waals surface area contributed by atoms with Crippen molar-refractivity contribution < 1.29 is 9.90 Å². The molecule has 15 heavy (non-hydrogen) atoms. The summed E-state index contributed by atoms with van der Waals surface area (Å²) in [7, 11) is 0. The van der Waals surface area contributed by atoms with Crippen molar-refractivity contribution in [2.75, 3.05) is 13.1 Å². The van der Waals surface area contributed by atoms with Gasteiger partial charge >= 0.3 is 5.97 Å². The molecule has 88 valence electrons. The van der Waals surface area contributed by atoms with Gasteiger partial charge in [-0.05, 0) is 6.42 Å². The highest BCUT2D eigenvalue weighted by Gasteiger charge is 1.96. The maximum atomic E-state index is 10.2. The topological polar surface area (TPSA) is 87.7 Å². The molecule has 0 aromatic rings. The van der Waals surface area contributed by atoms with Crippen LogP contribution >= 0.6 is 0 Å². The van der Waals surface area contributed by atoms with E-state index in [0.717, 1.165) is 6.42 Å². The molecule has 0 bridgehead atoms. The number of nitrogens with zero attached hydrogens (tertiary/aromatic N) is 1. The van der Waals surface area contributed by atoms with Gasteiger partial charge in [0.1, 0.15) is 0 Å². The Bertz CT molecular complexity index is 205. The Morgan fingerprint density at radius 2 is 2.13 bits per heavy atom. The summed E-state index contributed by atoms with van der Waals surface area (Å²) in [6, 6.07) is 0. The van der Waals surface area contributed by atoms with Crippen molar-refractivity contribution in [3.63, 3.8) is 0 Å². The first kappa shape index (κ1) is 13.7. The van der Waals surface area contributed by atoms with Crippen LogP contribution in [0.5, 0.6) is 0 Å². The van der Waals surface area contributed by atoms with Gasteiger partial charge < -0.3 is 16.2 Å². The van der Waals surface area contributed by atoms with Gasteiger partial charge in [0.15, 0.2) is 5.96 Å². The lowest BCUT2D eigenvalue weighted by atomic mass is 10.2. The van der Waals surface area contributed by atoms with Gasteiger partial charge in [0, 0.05) is 13.1 Å². The van der Waals surface area contributed by atoms with E-state index in [-0.39, 0.29) is 6.42 Å². The van der Waals surface area contributed by atoms with E-state index in [0.29, 0.717) is 19.0 Å². The summed E-state index contributed by atoms with van der Waals surface area (Å²) in [5.41, 5.74) is 5.52. The molecule has 0 aromatic heterocycles. The van der Waals surface area contributed by atoms with Gasteiger partial charge in [-0.2, -0.15) is 0 Å². The lowest BCUT2D eigenvalue weighted by Crippen LogP contribution is -2.33. The van der Waals surface area contributed by atoms with Gasteiger partial charge in [0.05, 0.1) is 6.42 Å². The average Bonchev–Trinajstić information content (AvgIpc) is 2.17. The molecule has 0 aliphatic rings. The fraction of sp³-hybridized carbons (Fsp3) is 0.800. The molecular weight excluding hydrogens is 194 g/mol. The van der Waals surface area contributed by atoms with Crippen LogP contribution in [0.1, 0.15) is 39.0 Å². The SMILES string of the molecule is CCCCCCN=C(N)NCCC(=O)O. The average molecular weight is 215 g/mol. The van der Waals surface area contributed by atoms with Crippen molar-refractivity contribution in [3.05, 3.63) is 0 Å². The van der Waals surface area contributed by atoms with Crippen LogP contribution in [0.25, 0.3) is 0 Å². The minimum Gasteiger partial charge on any atom is -0.481 e. The summed E-state index contributed by atoms with van der Waals surface area (Å²) < 4.78 is 0. The van der Waals surface area contributed by atoms with E-state index >= 15 is 0 Å². The van der Waals surface area contributed by atoms with E-state index in [2.05, 4.69) is 17.2 Å². The summed E-state index contributed by atoms with van der Waals surface area (Å²) in [5, 5.41) is 11.1. The van der Waals surface area contributed by atoms with Gasteiger partial charge in [0.2, 0.25) is 0 Å². The smallest absolute Gasteiger partial charge is 0.305 e. The molecule has 4 N–H and O–H groups in total. The van der Waals surface area contributed by atoms with E-state index in [4.69, 9.17) is 10.8 Å². The molecule has 0 heterocycles. The lowest BCUT2D eigenvalue weighted by Gasteiger charge is -2.03. The number of unbranched alkanes of at least 4 members (excludes halogenated alkanes) is 3. The van der Waals surface area contributed by atoms with E-state index in [1.807, 2.05) is 0 Å². The molecule has 0 amide bonds.